The summed E-state index contributed by atoms with van der Waals surface area (Å²) in [6.07, 6.45) is 0.979. The number of nitrogens with one attached hydrogen (secondary N) is 1. The molecule has 0 amide bonds. The van der Waals surface area contributed by atoms with Gasteiger partial charge in [-0.2, -0.15) is 0 Å². The van der Waals surface area contributed by atoms with Crippen molar-refractivity contribution in [3.8, 4) is 11.5 Å². The maximum absolute atomic E-state index is 11.1. The van der Waals surface area contributed by atoms with Crippen molar-refractivity contribution in [2.24, 2.45) is 0 Å². The zero-order valence-electron chi connectivity index (χ0n) is 10.4. The van der Waals surface area contributed by atoms with Crippen molar-refractivity contribution in [3.63, 3.8) is 0 Å². The molecule has 1 heterocycles. The predicted octanol–water partition coefficient (Wildman–Crippen LogP) is 1.69. The molecule has 0 spiro atoms. The molecule has 1 atom stereocenters. The van der Waals surface area contributed by atoms with Crippen molar-refractivity contribution >= 4 is 5.69 Å². The SMILES string of the molecule is COc1cc(C2CCNC2)cc([N+](=O)[O-])c1OC. The summed E-state index contributed by atoms with van der Waals surface area (Å²) in [5.74, 6) is 0.884. The van der Waals surface area contributed by atoms with E-state index in [0.717, 1.165) is 25.1 Å². The van der Waals surface area contributed by atoms with Crippen LogP contribution in [0, 0.1) is 10.1 Å². The van der Waals surface area contributed by atoms with Crippen LogP contribution in [0.2, 0.25) is 0 Å². The van der Waals surface area contributed by atoms with Crippen molar-refractivity contribution in [2.45, 2.75) is 12.3 Å². The van der Waals surface area contributed by atoms with Gasteiger partial charge in [0.1, 0.15) is 0 Å². The maximum Gasteiger partial charge on any atom is 0.315 e. The second-order valence-electron chi connectivity index (χ2n) is 4.22. The van der Waals surface area contributed by atoms with Crippen LogP contribution in [0.4, 0.5) is 5.69 Å². The molecule has 1 saturated heterocycles. The van der Waals surface area contributed by atoms with Crippen LogP contribution in [0.25, 0.3) is 0 Å². The predicted molar refractivity (Wildman–Crippen MR) is 66.4 cm³/mol. The highest BCUT2D eigenvalue weighted by molar-refractivity contribution is 5.58. The van der Waals surface area contributed by atoms with E-state index >= 15 is 0 Å². The highest BCUT2D eigenvalue weighted by Gasteiger charge is 2.25. The molecule has 98 valence electrons. The van der Waals surface area contributed by atoms with E-state index in [2.05, 4.69) is 5.32 Å². The van der Waals surface area contributed by atoms with Gasteiger partial charge in [-0.3, -0.25) is 10.1 Å². The summed E-state index contributed by atoms with van der Waals surface area (Å²) in [6.45, 7) is 1.78. The Balaban J connectivity index is 2.49. The summed E-state index contributed by atoms with van der Waals surface area (Å²) < 4.78 is 10.2. The van der Waals surface area contributed by atoms with E-state index in [0.29, 0.717) is 11.7 Å². The Labute approximate surface area is 105 Å². The molecule has 1 fully saturated rings. The molecule has 0 bridgehead atoms. The summed E-state index contributed by atoms with van der Waals surface area (Å²) >= 11 is 0. The van der Waals surface area contributed by atoms with E-state index in [1.54, 1.807) is 6.07 Å². The number of ether oxygens (including phenoxy) is 2. The second kappa shape index (κ2) is 5.22. The average molecular weight is 252 g/mol. The molecule has 1 N–H and O–H groups in total. The fourth-order valence-corrected chi connectivity index (χ4v) is 2.28. The molecule has 0 saturated carbocycles. The number of rotatable bonds is 4. The molecule has 1 aliphatic rings. The number of benzene rings is 1. The van der Waals surface area contributed by atoms with Crippen LogP contribution in [0.3, 0.4) is 0 Å². The largest absolute Gasteiger partial charge is 0.493 e. The minimum absolute atomic E-state index is 0.0428. The lowest BCUT2D eigenvalue weighted by Gasteiger charge is -2.13. The molecule has 1 unspecified atom stereocenters. The maximum atomic E-state index is 11.1. The number of nitro groups is 1. The van der Waals surface area contributed by atoms with Crippen LogP contribution in [0.1, 0.15) is 17.9 Å². The first-order chi connectivity index (χ1) is 8.67. The molecule has 1 aromatic carbocycles. The Morgan fingerprint density at radius 2 is 2.17 bits per heavy atom. The van der Waals surface area contributed by atoms with Crippen molar-refractivity contribution in [1.82, 2.24) is 5.32 Å². The molecule has 6 heteroatoms. The van der Waals surface area contributed by atoms with Gasteiger partial charge in [0.25, 0.3) is 0 Å². The van der Waals surface area contributed by atoms with E-state index < -0.39 is 4.92 Å². The molecule has 2 rings (SSSR count). The summed E-state index contributed by atoms with van der Waals surface area (Å²) in [5.41, 5.74) is 0.878. The van der Waals surface area contributed by atoms with E-state index in [-0.39, 0.29) is 11.4 Å². The topological polar surface area (TPSA) is 73.6 Å². The minimum Gasteiger partial charge on any atom is -0.493 e. The molecule has 0 aromatic heterocycles. The second-order valence-corrected chi connectivity index (χ2v) is 4.22. The van der Waals surface area contributed by atoms with E-state index in [1.165, 1.54) is 14.2 Å². The lowest BCUT2D eigenvalue weighted by molar-refractivity contribution is -0.385. The Morgan fingerprint density at radius 1 is 1.39 bits per heavy atom. The lowest BCUT2D eigenvalue weighted by Crippen LogP contribution is -2.08. The summed E-state index contributed by atoms with van der Waals surface area (Å²) in [4.78, 5) is 10.6. The van der Waals surface area contributed by atoms with Crippen molar-refractivity contribution in [1.29, 1.82) is 0 Å². The molecular weight excluding hydrogens is 236 g/mol. The van der Waals surface area contributed by atoms with Crippen molar-refractivity contribution in [3.05, 3.63) is 27.8 Å². The number of methoxy groups -OCH3 is 2. The van der Waals surface area contributed by atoms with Gasteiger partial charge in [0.15, 0.2) is 5.75 Å². The number of hydrogen-bond acceptors (Lipinski definition) is 5. The average Bonchev–Trinajstić information content (AvgIpc) is 2.90. The van der Waals surface area contributed by atoms with Gasteiger partial charge >= 0.3 is 5.69 Å². The fourth-order valence-electron chi connectivity index (χ4n) is 2.28. The van der Waals surface area contributed by atoms with Gasteiger partial charge < -0.3 is 14.8 Å². The van der Waals surface area contributed by atoms with Crippen LogP contribution in [0.5, 0.6) is 11.5 Å². The monoisotopic (exact) mass is 252 g/mol. The Kier molecular flexibility index (Phi) is 3.66. The first kappa shape index (κ1) is 12.6. The number of nitro benzene ring substituents is 1. The summed E-state index contributed by atoms with van der Waals surface area (Å²) in [6, 6.07) is 3.41. The highest BCUT2D eigenvalue weighted by Crippen LogP contribution is 2.40. The number of hydrogen-bond donors (Lipinski definition) is 1. The molecular formula is C12H16N2O4. The van der Waals surface area contributed by atoms with Crippen LogP contribution in [0.15, 0.2) is 12.1 Å². The van der Waals surface area contributed by atoms with Gasteiger partial charge in [0.05, 0.1) is 19.1 Å². The molecule has 0 aliphatic carbocycles. The van der Waals surface area contributed by atoms with Crippen molar-refractivity contribution < 1.29 is 14.4 Å². The third kappa shape index (κ3) is 2.24. The smallest absolute Gasteiger partial charge is 0.315 e. The summed E-state index contributed by atoms with van der Waals surface area (Å²) in [7, 11) is 2.89. The van der Waals surface area contributed by atoms with E-state index in [9.17, 15) is 10.1 Å². The van der Waals surface area contributed by atoms with Gasteiger partial charge in [0, 0.05) is 12.6 Å². The zero-order valence-corrected chi connectivity index (χ0v) is 10.4. The number of nitrogens with zero attached hydrogens (tertiary/aromatic N) is 1. The highest BCUT2D eigenvalue weighted by atomic mass is 16.6. The molecule has 0 radical (unpaired) electrons. The quantitative estimate of drug-likeness (QED) is 0.652. The molecule has 1 aromatic rings. The molecule has 18 heavy (non-hydrogen) atoms. The Morgan fingerprint density at radius 3 is 2.67 bits per heavy atom. The van der Waals surface area contributed by atoms with E-state index in [1.807, 2.05) is 6.07 Å². The van der Waals surface area contributed by atoms with Gasteiger partial charge in [-0.25, -0.2) is 0 Å². The third-order valence-corrected chi connectivity index (χ3v) is 3.21. The molecule has 1 aliphatic heterocycles. The van der Waals surface area contributed by atoms with Gasteiger partial charge in [0.2, 0.25) is 5.75 Å². The fraction of sp³-hybridized carbons (Fsp3) is 0.500. The van der Waals surface area contributed by atoms with Gasteiger partial charge in [-0.15, -0.1) is 0 Å². The standard InChI is InChI=1S/C12H16N2O4/c1-17-11-6-9(8-3-4-13-7-8)5-10(14(15)16)12(11)18-2/h5-6,8,13H,3-4,7H2,1-2H3. The Bertz CT molecular complexity index is 456. The van der Waals surface area contributed by atoms with Crippen LogP contribution < -0.4 is 14.8 Å². The minimum atomic E-state index is -0.437. The first-order valence-electron chi connectivity index (χ1n) is 5.78. The van der Waals surface area contributed by atoms with Gasteiger partial charge in [-0.1, -0.05) is 0 Å². The third-order valence-electron chi connectivity index (χ3n) is 3.21. The van der Waals surface area contributed by atoms with Crippen LogP contribution in [-0.2, 0) is 0 Å². The van der Waals surface area contributed by atoms with Crippen LogP contribution in [-0.4, -0.2) is 32.2 Å². The lowest BCUT2D eigenvalue weighted by atomic mass is 9.97. The normalized spacial score (nSPS) is 18.7. The van der Waals surface area contributed by atoms with Gasteiger partial charge in [-0.05, 0) is 30.5 Å². The van der Waals surface area contributed by atoms with E-state index in [4.69, 9.17) is 9.47 Å². The zero-order chi connectivity index (χ0) is 13.1. The van der Waals surface area contributed by atoms with Crippen molar-refractivity contribution in [2.75, 3.05) is 27.3 Å². The Hall–Kier alpha value is -1.82. The van der Waals surface area contributed by atoms with Crippen LogP contribution >= 0.6 is 0 Å². The first-order valence-corrected chi connectivity index (χ1v) is 5.78. The molecule has 6 nitrogen and oxygen atoms in total. The summed E-state index contributed by atoms with van der Waals surface area (Å²) in [5, 5.41) is 14.3.